The molecule has 0 bridgehead atoms. The van der Waals surface area contributed by atoms with Gasteiger partial charge in [-0.15, -0.1) is 0 Å². The lowest BCUT2D eigenvalue weighted by molar-refractivity contribution is -0.136. The van der Waals surface area contributed by atoms with Gasteiger partial charge >= 0.3 is 6.18 Å². The average Bonchev–Trinajstić information content (AvgIpc) is 2.56. The van der Waals surface area contributed by atoms with Gasteiger partial charge < -0.3 is 15.1 Å². The Hall–Kier alpha value is -2.06. The van der Waals surface area contributed by atoms with Gasteiger partial charge in [-0.2, -0.15) is 18.2 Å². The third-order valence-corrected chi connectivity index (χ3v) is 4.21. The zero-order valence-electron chi connectivity index (χ0n) is 13.5. The fourth-order valence-electron chi connectivity index (χ4n) is 2.57. The Bertz CT molecular complexity index is 745. The first-order chi connectivity index (χ1) is 11.8. The zero-order chi connectivity index (χ0) is 18.0. The predicted octanol–water partition coefficient (Wildman–Crippen LogP) is 3.64. The molecular weight excluding hydrogens is 355 g/mol. The van der Waals surface area contributed by atoms with Crippen LogP contribution >= 0.6 is 11.6 Å². The molecule has 3 rings (SSSR count). The molecular formula is C16H17ClF3N5. The minimum absolute atomic E-state index is 0.0266. The highest BCUT2D eigenvalue weighted by Gasteiger charge is 2.34. The van der Waals surface area contributed by atoms with Crippen LogP contribution in [-0.2, 0) is 6.18 Å². The Labute approximate surface area is 148 Å². The second-order valence-electron chi connectivity index (χ2n) is 5.84. The minimum atomic E-state index is -4.51. The van der Waals surface area contributed by atoms with Gasteiger partial charge in [-0.3, -0.25) is 0 Å². The van der Waals surface area contributed by atoms with Crippen molar-refractivity contribution in [1.29, 1.82) is 0 Å². The number of halogens is 4. The summed E-state index contributed by atoms with van der Waals surface area (Å²) in [7, 11) is 2.04. The van der Waals surface area contributed by atoms with Gasteiger partial charge in [-0.1, -0.05) is 11.6 Å². The van der Waals surface area contributed by atoms with Crippen LogP contribution in [0.25, 0.3) is 0 Å². The third-order valence-electron chi connectivity index (χ3n) is 3.98. The predicted molar refractivity (Wildman–Crippen MR) is 91.5 cm³/mol. The lowest BCUT2D eigenvalue weighted by atomic mass is 10.1. The molecule has 1 aliphatic rings. The molecule has 2 aromatic rings. The van der Waals surface area contributed by atoms with Gasteiger partial charge in [0.15, 0.2) is 0 Å². The molecule has 1 aliphatic heterocycles. The van der Waals surface area contributed by atoms with Crippen molar-refractivity contribution in [2.75, 3.05) is 43.4 Å². The Balaban J connectivity index is 1.84. The van der Waals surface area contributed by atoms with Crippen LogP contribution in [-0.4, -0.2) is 48.1 Å². The van der Waals surface area contributed by atoms with Crippen LogP contribution in [0.5, 0.6) is 0 Å². The summed E-state index contributed by atoms with van der Waals surface area (Å²) >= 11 is 5.70. The lowest BCUT2D eigenvalue weighted by Crippen LogP contribution is -2.45. The number of rotatable bonds is 3. The van der Waals surface area contributed by atoms with Gasteiger partial charge in [0, 0.05) is 37.4 Å². The number of anilines is 3. The fourth-order valence-corrected chi connectivity index (χ4v) is 2.75. The van der Waals surface area contributed by atoms with Crippen LogP contribution in [0.4, 0.5) is 30.6 Å². The number of aromatic nitrogens is 2. The summed E-state index contributed by atoms with van der Waals surface area (Å²) in [5.41, 5.74) is -0.931. The van der Waals surface area contributed by atoms with Crippen molar-refractivity contribution in [2.24, 2.45) is 0 Å². The molecule has 134 valence electrons. The van der Waals surface area contributed by atoms with Crippen LogP contribution in [0.3, 0.4) is 0 Å². The van der Waals surface area contributed by atoms with Gasteiger partial charge in [0.2, 0.25) is 5.95 Å². The van der Waals surface area contributed by atoms with E-state index in [0.29, 0.717) is 11.8 Å². The van der Waals surface area contributed by atoms with Gasteiger partial charge in [0.1, 0.15) is 5.82 Å². The quantitative estimate of drug-likeness (QED) is 0.892. The maximum Gasteiger partial charge on any atom is 0.418 e. The maximum absolute atomic E-state index is 13.2. The van der Waals surface area contributed by atoms with Gasteiger partial charge in [-0.05, 0) is 31.3 Å². The van der Waals surface area contributed by atoms with Gasteiger partial charge in [0.25, 0.3) is 0 Å². The molecule has 25 heavy (non-hydrogen) atoms. The first kappa shape index (κ1) is 17.8. The minimum Gasteiger partial charge on any atom is -0.340 e. The molecule has 0 saturated carbocycles. The van der Waals surface area contributed by atoms with Gasteiger partial charge in [0.05, 0.1) is 11.3 Å². The zero-order valence-corrected chi connectivity index (χ0v) is 14.3. The van der Waals surface area contributed by atoms with E-state index >= 15 is 0 Å². The number of benzene rings is 1. The van der Waals surface area contributed by atoms with E-state index < -0.39 is 11.7 Å². The summed E-state index contributed by atoms with van der Waals surface area (Å²) < 4.78 is 39.6. The molecule has 0 aliphatic carbocycles. The maximum atomic E-state index is 13.2. The number of nitrogens with one attached hydrogen (secondary N) is 1. The smallest absolute Gasteiger partial charge is 0.340 e. The van der Waals surface area contributed by atoms with Crippen molar-refractivity contribution in [3.8, 4) is 0 Å². The largest absolute Gasteiger partial charge is 0.418 e. The van der Waals surface area contributed by atoms with E-state index in [1.54, 1.807) is 0 Å². The molecule has 0 atom stereocenters. The fraction of sp³-hybridized carbons (Fsp3) is 0.375. The molecule has 0 radical (unpaired) electrons. The summed E-state index contributed by atoms with van der Waals surface area (Å²) in [6, 6.07) is 5.13. The SMILES string of the molecule is CN1CCN(c2nccc(Nc3ccc(Cl)cc3C(F)(F)F)n2)CC1. The number of alkyl halides is 3. The third kappa shape index (κ3) is 4.32. The second kappa shape index (κ2) is 7.05. The number of hydrogen-bond donors (Lipinski definition) is 1. The van der Waals surface area contributed by atoms with E-state index in [1.165, 1.54) is 24.4 Å². The molecule has 1 N–H and O–H groups in total. The highest BCUT2D eigenvalue weighted by atomic mass is 35.5. The molecule has 5 nitrogen and oxygen atoms in total. The Morgan fingerprint density at radius 1 is 1.12 bits per heavy atom. The summed E-state index contributed by atoms with van der Waals surface area (Å²) in [5, 5.41) is 2.75. The normalized spacial score (nSPS) is 16.1. The first-order valence-corrected chi connectivity index (χ1v) is 8.11. The van der Waals surface area contributed by atoms with Crippen molar-refractivity contribution in [3.05, 3.63) is 41.0 Å². The standard InChI is InChI=1S/C16H17ClF3N5/c1-24-6-8-25(9-7-24)15-21-5-4-14(23-15)22-13-3-2-11(17)10-12(13)16(18,19)20/h2-5,10H,6-9H2,1H3,(H,21,22,23). The number of nitrogens with zero attached hydrogens (tertiary/aromatic N) is 4. The molecule has 0 spiro atoms. The molecule has 1 saturated heterocycles. The van der Waals surface area contributed by atoms with Crippen molar-refractivity contribution < 1.29 is 13.2 Å². The Kier molecular flexibility index (Phi) is 5.01. The van der Waals surface area contributed by atoms with E-state index in [4.69, 9.17) is 11.6 Å². The second-order valence-corrected chi connectivity index (χ2v) is 6.28. The molecule has 1 aromatic heterocycles. The van der Waals surface area contributed by atoms with Crippen molar-refractivity contribution in [3.63, 3.8) is 0 Å². The molecule has 0 amide bonds. The lowest BCUT2D eigenvalue weighted by Gasteiger charge is -2.32. The van der Waals surface area contributed by atoms with Gasteiger partial charge in [-0.25, -0.2) is 4.98 Å². The highest BCUT2D eigenvalue weighted by molar-refractivity contribution is 6.30. The molecule has 9 heteroatoms. The van der Waals surface area contributed by atoms with Crippen LogP contribution in [0.1, 0.15) is 5.56 Å². The summed E-state index contributed by atoms with van der Waals surface area (Å²) in [6.07, 6.45) is -2.98. The van der Waals surface area contributed by atoms with Crippen LogP contribution in [0, 0.1) is 0 Å². The van der Waals surface area contributed by atoms with Crippen LogP contribution in [0.2, 0.25) is 5.02 Å². The molecule has 1 fully saturated rings. The summed E-state index contributed by atoms with van der Waals surface area (Å²) in [4.78, 5) is 12.8. The average molecular weight is 372 g/mol. The summed E-state index contributed by atoms with van der Waals surface area (Å²) in [6.45, 7) is 3.32. The number of piperazine rings is 1. The Morgan fingerprint density at radius 3 is 2.52 bits per heavy atom. The van der Waals surface area contributed by atoms with E-state index in [0.717, 1.165) is 32.2 Å². The monoisotopic (exact) mass is 371 g/mol. The van der Waals surface area contributed by atoms with E-state index in [9.17, 15) is 13.2 Å². The van der Waals surface area contributed by atoms with Crippen molar-refractivity contribution in [2.45, 2.75) is 6.18 Å². The van der Waals surface area contributed by atoms with Crippen LogP contribution in [0.15, 0.2) is 30.5 Å². The number of likely N-dealkylation sites (N-methyl/N-ethyl adjacent to an activating group) is 1. The molecule has 0 unspecified atom stereocenters. The van der Waals surface area contributed by atoms with E-state index in [2.05, 4.69) is 20.2 Å². The highest BCUT2D eigenvalue weighted by Crippen LogP contribution is 2.37. The Morgan fingerprint density at radius 2 is 1.84 bits per heavy atom. The molecule has 1 aromatic carbocycles. The summed E-state index contributed by atoms with van der Waals surface area (Å²) in [5.74, 6) is 0.803. The van der Waals surface area contributed by atoms with E-state index in [-0.39, 0.29) is 10.7 Å². The van der Waals surface area contributed by atoms with Crippen molar-refractivity contribution in [1.82, 2.24) is 14.9 Å². The van der Waals surface area contributed by atoms with E-state index in [1.807, 2.05) is 11.9 Å². The topological polar surface area (TPSA) is 44.3 Å². The molecule has 2 heterocycles. The van der Waals surface area contributed by atoms with Crippen LogP contribution < -0.4 is 10.2 Å². The number of hydrogen-bond acceptors (Lipinski definition) is 5. The van der Waals surface area contributed by atoms with Crippen molar-refractivity contribution >= 4 is 29.1 Å². The first-order valence-electron chi connectivity index (χ1n) is 7.73.